The van der Waals surface area contributed by atoms with Gasteiger partial charge in [0.1, 0.15) is 0 Å². The van der Waals surface area contributed by atoms with Gasteiger partial charge in [-0.25, -0.2) is 13.1 Å². The van der Waals surface area contributed by atoms with Crippen LogP contribution < -0.4 is 5.32 Å². The van der Waals surface area contributed by atoms with Crippen LogP contribution in [0.1, 0.15) is 11.4 Å². The number of fused-ring (bicyclic) bond motifs is 1. The highest BCUT2D eigenvalue weighted by molar-refractivity contribution is 7.90. The normalized spacial score (nSPS) is 17.6. The van der Waals surface area contributed by atoms with E-state index in [2.05, 4.69) is 14.8 Å². The van der Waals surface area contributed by atoms with Gasteiger partial charge in [0.15, 0.2) is 5.84 Å². The van der Waals surface area contributed by atoms with Crippen LogP contribution in [0.5, 0.6) is 0 Å². The zero-order chi connectivity index (χ0) is 19.9. The standard InChI is InChI=1S/C19H19N5O3S/c1-13-17(14(2)24(21-13)15-7-4-3-5-8-15)20-19(25)16-9-6-10-23-11-12-28(26,27)22-18(16)23/h3-10H,11-12H2,1-2H3,(H,20,25). The van der Waals surface area contributed by atoms with Gasteiger partial charge in [0.05, 0.1) is 34.1 Å². The third-order valence-corrected chi connectivity index (χ3v) is 5.78. The molecule has 28 heavy (non-hydrogen) atoms. The molecule has 3 heterocycles. The van der Waals surface area contributed by atoms with Crippen molar-refractivity contribution in [1.82, 2.24) is 14.7 Å². The van der Waals surface area contributed by atoms with Crippen LogP contribution in [0.4, 0.5) is 5.69 Å². The van der Waals surface area contributed by atoms with E-state index in [1.54, 1.807) is 27.9 Å². The molecule has 1 amide bonds. The van der Waals surface area contributed by atoms with Crippen LogP contribution in [0, 0.1) is 13.8 Å². The summed E-state index contributed by atoms with van der Waals surface area (Å²) >= 11 is 0. The lowest BCUT2D eigenvalue weighted by Gasteiger charge is -2.28. The van der Waals surface area contributed by atoms with Crippen molar-refractivity contribution >= 4 is 27.5 Å². The largest absolute Gasteiger partial charge is 0.331 e. The Balaban J connectivity index is 1.66. The van der Waals surface area contributed by atoms with E-state index in [1.807, 2.05) is 44.2 Å². The monoisotopic (exact) mass is 397 g/mol. The van der Waals surface area contributed by atoms with Gasteiger partial charge in [0.25, 0.3) is 15.9 Å². The minimum atomic E-state index is -3.57. The summed E-state index contributed by atoms with van der Waals surface area (Å²) in [4.78, 5) is 14.6. The highest BCUT2D eigenvalue weighted by atomic mass is 32.2. The molecule has 0 aliphatic carbocycles. The maximum Gasteiger partial charge on any atom is 0.259 e. The van der Waals surface area contributed by atoms with Crippen LogP contribution >= 0.6 is 0 Å². The number of carbonyl (C=O) groups is 1. The number of aryl methyl sites for hydroxylation is 1. The average Bonchev–Trinajstić information content (AvgIpc) is 2.95. The highest BCUT2D eigenvalue weighted by Crippen LogP contribution is 2.25. The second-order valence-corrected chi connectivity index (χ2v) is 8.32. The van der Waals surface area contributed by atoms with Crippen molar-refractivity contribution in [3.05, 3.63) is 65.6 Å². The first kappa shape index (κ1) is 18.2. The van der Waals surface area contributed by atoms with Crippen LogP contribution in [-0.4, -0.2) is 47.1 Å². The van der Waals surface area contributed by atoms with E-state index in [4.69, 9.17) is 0 Å². The van der Waals surface area contributed by atoms with Crippen molar-refractivity contribution in [2.75, 3.05) is 17.6 Å². The van der Waals surface area contributed by atoms with Gasteiger partial charge in [-0.1, -0.05) is 18.2 Å². The molecule has 0 unspecified atom stereocenters. The van der Waals surface area contributed by atoms with Crippen molar-refractivity contribution < 1.29 is 13.2 Å². The number of benzene rings is 1. The van der Waals surface area contributed by atoms with Crippen LogP contribution in [0.2, 0.25) is 0 Å². The van der Waals surface area contributed by atoms with Crippen molar-refractivity contribution in [1.29, 1.82) is 0 Å². The van der Waals surface area contributed by atoms with Crippen molar-refractivity contribution in [2.45, 2.75) is 13.8 Å². The zero-order valence-electron chi connectivity index (χ0n) is 15.5. The molecule has 8 nitrogen and oxygen atoms in total. The van der Waals surface area contributed by atoms with Crippen molar-refractivity contribution in [3.63, 3.8) is 0 Å². The third kappa shape index (κ3) is 3.24. The van der Waals surface area contributed by atoms with Crippen molar-refractivity contribution in [2.24, 2.45) is 4.40 Å². The van der Waals surface area contributed by atoms with Gasteiger partial charge in [-0.05, 0) is 38.1 Å². The van der Waals surface area contributed by atoms with E-state index >= 15 is 0 Å². The highest BCUT2D eigenvalue weighted by Gasteiger charge is 2.30. The fourth-order valence-electron chi connectivity index (χ4n) is 3.22. The molecule has 2 aliphatic rings. The Morgan fingerprint density at radius 1 is 1.18 bits per heavy atom. The Bertz CT molecular complexity index is 1140. The summed E-state index contributed by atoms with van der Waals surface area (Å²) in [6.07, 6.45) is 4.99. The Hall–Kier alpha value is -3.20. The Morgan fingerprint density at radius 3 is 2.68 bits per heavy atom. The van der Waals surface area contributed by atoms with Crippen LogP contribution in [0.3, 0.4) is 0 Å². The summed E-state index contributed by atoms with van der Waals surface area (Å²) in [5, 5.41) is 7.39. The molecular formula is C19H19N5O3S. The van der Waals surface area contributed by atoms with E-state index in [0.29, 0.717) is 11.4 Å². The van der Waals surface area contributed by atoms with Crippen LogP contribution in [-0.2, 0) is 14.8 Å². The summed E-state index contributed by atoms with van der Waals surface area (Å²) in [7, 11) is -3.57. The fraction of sp³-hybridized carbons (Fsp3) is 0.211. The topological polar surface area (TPSA) is 96.7 Å². The van der Waals surface area contributed by atoms with Crippen LogP contribution in [0.25, 0.3) is 5.69 Å². The fourth-order valence-corrected chi connectivity index (χ4v) is 4.20. The summed E-state index contributed by atoms with van der Waals surface area (Å²) in [6.45, 7) is 3.95. The number of nitrogens with zero attached hydrogens (tertiary/aromatic N) is 4. The quantitative estimate of drug-likeness (QED) is 0.854. The zero-order valence-corrected chi connectivity index (χ0v) is 16.3. The molecule has 0 bridgehead atoms. The Kier molecular flexibility index (Phi) is 4.38. The van der Waals surface area contributed by atoms with E-state index in [-0.39, 0.29) is 23.7 Å². The Morgan fingerprint density at radius 2 is 1.93 bits per heavy atom. The number of nitrogens with one attached hydrogen (secondary N) is 1. The molecule has 0 atom stereocenters. The summed E-state index contributed by atoms with van der Waals surface area (Å²) in [5.74, 6) is -0.348. The molecule has 1 N–H and O–H groups in total. The third-order valence-electron chi connectivity index (χ3n) is 4.63. The molecule has 1 aromatic carbocycles. The molecule has 0 saturated carbocycles. The second-order valence-electron chi connectivity index (χ2n) is 6.56. The van der Waals surface area contributed by atoms with E-state index < -0.39 is 15.9 Å². The maximum atomic E-state index is 12.9. The molecule has 0 spiro atoms. The molecule has 2 aliphatic heterocycles. The number of amides is 1. The Labute approximate surface area is 162 Å². The molecular weight excluding hydrogens is 378 g/mol. The van der Waals surface area contributed by atoms with E-state index in [0.717, 1.165) is 11.4 Å². The predicted octanol–water partition coefficient (Wildman–Crippen LogP) is 1.93. The molecule has 9 heteroatoms. The maximum absolute atomic E-state index is 12.9. The van der Waals surface area contributed by atoms with Gasteiger partial charge >= 0.3 is 0 Å². The first-order valence-electron chi connectivity index (χ1n) is 8.77. The van der Waals surface area contributed by atoms with Gasteiger partial charge in [-0.15, -0.1) is 4.40 Å². The van der Waals surface area contributed by atoms with E-state index in [9.17, 15) is 13.2 Å². The number of sulfonamides is 1. The predicted molar refractivity (Wildman–Crippen MR) is 107 cm³/mol. The molecule has 0 radical (unpaired) electrons. The van der Waals surface area contributed by atoms with Gasteiger partial charge in [0, 0.05) is 12.7 Å². The second kappa shape index (κ2) is 6.75. The molecule has 0 saturated heterocycles. The molecule has 2 aromatic rings. The lowest BCUT2D eigenvalue weighted by molar-refractivity contribution is -0.112. The smallest absolute Gasteiger partial charge is 0.259 e. The number of para-hydroxylation sites is 1. The minimum absolute atomic E-state index is 0.0716. The van der Waals surface area contributed by atoms with Gasteiger partial charge in [-0.2, -0.15) is 5.10 Å². The average molecular weight is 397 g/mol. The van der Waals surface area contributed by atoms with Gasteiger partial charge in [0.2, 0.25) is 0 Å². The van der Waals surface area contributed by atoms with Crippen LogP contribution in [0.15, 0.2) is 58.7 Å². The van der Waals surface area contributed by atoms with E-state index in [1.165, 1.54) is 0 Å². The number of amidine groups is 1. The van der Waals surface area contributed by atoms with Gasteiger partial charge in [-0.3, -0.25) is 4.79 Å². The molecule has 1 aromatic heterocycles. The number of hydrogen-bond acceptors (Lipinski definition) is 5. The number of aromatic nitrogens is 2. The molecule has 144 valence electrons. The van der Waals surface area contributed by atoms with Crippen molar-refractivity contribution in [3.8, 4) is 5.69 Å². The first-order chi connectivity index (χ1) is 13.4. The number of allylic oxidation sites excluding steroid dienone is 2. The summed E-state index contributed by atoms with van der Waals surface area (Å²) < 4.78 is 29.3. The number of hydrogen-bond donors (Lipinski definition) is 1. The SMILES string of the molecule is Cc1nn(-c2ccccc2)c(C)c1NC(=O)C1=CC=CN2CCS(=O)(=O)N=C12. The number of anilines is 1. The first-order valence-corrected chi connectivity index (χ1v) is 10.4. The lowest BCUT2D eigenvalue weighted by atomic mass is 10.1. The number of carbonyl (C=O) groups excluding carboxylic acids is 1. The molecule has 0 fully saturated rings. The number of rotatable bonds is 3. The van der Waals surface area contributed by atoms with Gasteiger partial charge < -0.3 is 10.2 Å². The minimum Gasteiger partial charge on any atom is -0.331 e. The molecule has 4 rings (SSSR count). The summed E-state index contributed by atoms with van der Waals surface area (Å²) in [5.41, 5.74) is 3.13. The summed E-state index contributed by atoms with van der Waals surface area (Å²) in [6, 6.07) is 9.61. The lowest BCUT2D eigenvalue weighted by Crippen LogP contribution is -2.40.